The van der Waals surface area contributed by atoms with Crippen LogP contribution in [0.25, 0.3) is 0 Å². The fraction of sp³-hybridized carbons (Fsp3) is 0.200. The SMILES string of the molecule is CSc1ccc(CN(C)C(=O)c2ccnc(F)c2)cc1. The summed E-state index contributed by atoms with van der Waals surface area (Å²) in [6, 6.07) is 10.7. The predicted molar refractivity (Wildman–Crippen MR) is 78.2 cm³/mol. The van der Waals surface area contributed by atoms with Crippen molar-refractivity contribution >= 4 is 17.7 Å². The van der Waals surface area contributed by atoms with E-state index in [0.717, 1.165) is 11.6 Å². The number of thioether (sulfide) groups is 1. The maximum atomic E-state index is 13.0. The van der Waals surface area contributed by atoms with Crippen molar-refractivity contribution in [3.63, 3.8) is 0 Å². The molecule has 0 aliphatic heterocycles. The molecule has 0 spiro atoms. The molecule has 1 aromatic carbocycles. The van der Waals surface area contributed by atoms with E-state index in [1.807, 2.05) is 30.5 Å². The van der Waals surface area contributed by atoms with Gasteiger partial charge >= 0.3 is 0 Å². The van der Waals surface area contributed by atoms with Crippen molar-refractivity contribution in [3.8, 4) is 0 Å². The van der Waals surface area contributed by atoms with E-state index >= 15 is 0 Å². The molecule has 0 saturated carbocycles. The summed E-state index contributed by atoms with van der Waals surface area (Å²) in [5.41, 5.74) is 1.34. The van der Waals surface area contributed by atoms with E-state index < -0.39 is 5.95 Å². The van der Waals surface area contributed by atoms with Gasteiger partial charge in [0, 0.05) is 36.3 Å². The molecule has 1 amide bonds. The molecular weight excluding hydrogens is 275 g/mol. The molecule has 1 heterocycles. The van der Waals surface area contributed by atoms with Gasteiger partial charge in [-0.3, -0.25) is 4.79 Å². The second kappa shape index (κ2) is 6.52. The van der Waals surface area contributed by atoms with Gasteiger partial charge in [0.25, 0.3) is 5.91 Å². The summed E-state index contributed by atoms with van der Waals surface area (Å²) in [6.45, 7) is 0.484. The minimum absolute atomic E-state index is 0.222. The van der Waals surface area contributed by atoms with Gasteiger partial charge in [-0.2, -0.15) is 4.39 Å². The third kappa shape index (κ3) is 3.57. The number of nitrogens with zero attached hydrogens (tertiary/aromatic N) is 2. The Bertz CT molecular complexity index is 601. The first kappa shape index (κ1) is 14.5. The van der Waals surface area contributed by atoms with Crippen LogP contribution < -0.4 is 0 Å². The van der Waals surface area contributed by atoms with Crippen LogP contribution in [0.2, 0.25) is 0 Å². The average Bonchev–Trinajstić information content (AvgIpc) is 2.47. The number of benzene rings is 1. The Morgan fingerprint density at radius 2 is 2.00 bits per heavy atom. The second-order valence-corrected chi connectivity index (χ2v) is 5.26. The molecule has 0 atom stereocenters. The first-order chi connectivity index (χ1) is 9.60. The number of amides is 1. The molecule has 0 bridgehead atoms. The van der Waals surface area contributed by atoms with Gasteiger partial charge in [0.1, 0.15) is 0 Å². The number of rotatable bonds is 4. The second-order valence-electron chi connectivity index (χ2n) is 4.38. The summed E-state index contributed by atoms with van der Waals surface area (Å²) in [6.07, 6.45) is 3.31. The fourth-order valence-electron chi connectivity index (χ4n) is 1.83. The summed E-state index contributed by atoms with van der Waals surface area (Å²) in [4.78, 5) is 18.3. The van der Waals surface area contributed by atoms with Gasteiger partial charge in [-0.15, -0.1) is 11.8 Å². The maximum absolute atomic E-state index is 13.0. The quantitative estimate of drug-likeness (QED) is 0.640. The van der Waals surface area contributed by atoms with Crippen LogP contribution in [0.3, 0.4) is 0 Å². The molecular formula is C15H15FN2OS. The van der Waals surface area contributed by atoms with Crippen LogP contribution in [0.15, 0.2) is 47.5 Å². The third-order valence-electron chi connectivity index (χ3n) is 2.90. The molecule has 0 aliphatic carbocycles. The molecule has 2 aromatic rings. The standard InChI is InChI=1S/C15H15FN2OS/c1-18(10-11-3-5-13(20-2)6-4-11)15(19)12-7-8-17-14(16)9-12/h3-9H,10H2,1-2H3. The van der Waals surface area contributed by atoms with Crippen LogP contribution in [0.1, 0.15) is 15.9 Å². The molecule has 5 heteroatoms. The van der Waals surface area contributed by atoms with Gasteiger partial charge in [0.05, 0.1) is 0 Å². The van der Waals surface area contributed by atoms with Gasteiger partial charge in [-0.05, 0) is 30.0 Å². The van der Waals surface area contributed by atoms with Crippen molar-refractivity contribution < 1.29 is 9.18 Å². The highest BCUT2D eigenvalue weighted by molar-refractivity contribution is 7.98. The minimum Gasteiger partial charge on any atom is -0.337 e. The number of aromatic nitrogens is 1. The molecule has 0 unspecified atom stereocenters. The van der Waals surface area contributed by atoms with Gasteiger partial charge in [0.2, 0.25) is 5.95 Å². The van der Waals surface area contributed by atoms with Gasteiger partial charge in [0.15, 0.2) is 0 Å². The van der Waals surface area contributed by atoms with Crippen molar-refractivity contribution in [1.29, 1.82) is 0 Å². The molecule has 1 aromatic heterocycles. The van der Waals surface area contributed by atoms with Crippen LogP contribution in [-0.4, -0.2) is 29.1 Å². The number of hydrogen-bond acceptors (Lipinski definition) is 3. The Hall–Kier alpha value is -1.88. The van der Waals surface area contributed by atoms with E-state index in [9.17, 15) is 9.18 Å². The number of carbonyl (C=O) groups excluding carboxylic acids is 1. The zero-order valence-electron chi connectivity index (χ0n) is 11.3. The van der Waals surface area contributed by atoms with Crippen LogP contribution in [0, 0.1) is 5.95 Å². The number of halogens is 1. The molecule has 0 radical (unpaired) electrons. The minimum atomic E-state index is -0.645. The normalized spacial score (nSPS) is 10.3. The number of pyridine rings is 1. The lowest BCUT2D eigenvalue weighted by atomic mass is 10.2. The number of carbonyl (C=O) groups is 1. The highest BCUT2D eigenvalue weighted by Gasteiger charge is 2.12. The lowest BCUT2D eigenvalue weighted by Crippen LogP contribution is -2.26. The molecule has 20 heavy (non-hydrogen) atoms. The predicted octanol–water partition coefficient (Wildman–Crippen LogP) is 3.21. The summed E-state index contributed by atoms with van der Waals surface area (Å²) in [5.74, 6) is -0.867. The van der Waals surface area contributed by atoms with Gasteiger partial charge in [-0.25, -0.2) is 4.98 Å². The molecule has 0 N–H and O–H groups in total. The first-order valence-electron chi connectivity index (χ1n) is 6.10. The smallest absolute Gasteiger partial charge is 0.254 e. The molecule has 104 valence electrons. The lowest BCUT2D eigenvalue weighted by molar-refractivity contribution is 0.0784. The fourth-order valence-corrected chi connectivity index (χ4v) is 2.24. The summed E-state index contributed by atoms with van der Waals surface area (Å²) in [5, 5.41) is 0. The van der Waals surface area contributed by atoms with Crippen LogP contribution >= 0.6 is 11.8 Å². The molecule has 0 saturated heterocycles. The Balaban J connectivity index is 2.07. The lowest BCUT2D eigenvalue weighted by Gasteiger charge is -2.17. The van der Waals surface area contributed by atoms with E-state index in [1.165, 1.54) is 17.2 Å². The largest absolute Gasteiger partial charge is 0.337 e. The average molecular weight is 290 g/mol. The van der Waals surface area contributed by atoms with Crippen molar-refractivity contribution in [2.45, 2.75) is 11.4 Å². The van der Waals surface area contributed by atoms with E-state index in [2.05, 4.69) is 4.98 Å². The Morgan fingerprint density at radius 1 is 1.30 bits per heavy atom. The summed E-state index contributed by atoms with van der Waals surface area (Å²) in [7, 11) is 1.70. The van der Waals surface area contributed by atoms with Crippen LogP contribution in [-0.2, 0) is 6.54 Å². The molecule has 0 fully saturated rings. The monoisotopic (exact) mass is 290 g/mol. The van der Waals surface area contributed by atoms with E-state index in [0.29, 0.717) is 12.1 Å². The van der Waals surface area contributed by atoms with Gasteiger partial charge < -0.3 is 4.90 Å². The van der Waals surface area contributed by atoms with Crippen molar-refractivity contribution in [2.24, 2.45) is 0 Å². The first-order valence-corrected chi connectivity index (χ1v) is 7.32. The number of hydrogen-bond donors (Lipinski definition) is 0. The van der Waals surface area contributed by atoms with E-state index in [-0.39, 0.29) is 5.91 Å². The van der Waals surface area contributed by atoms with Crippen LogP contribution in [0.5, 0.6) is 0 Å². The highest BCUT2D eigenvalue weighted by Crippen LogP contribution is 2.16. The summed E-state index contributed by atoms with van der Waals surface area (Å²) >= 11 is 1.67. The Morgan fingerprint density at radius 3 is 2.60 bits per heavy atom. The third-order valence-corrected chi connectivity index (χ3v) is 3.64. The Labute approximate surface area is 121 Å². The molecule has 2 rings (SSSR count). The van der Waals surface area contributed by atoms with E-state index in [1.54, 1.807) is 23.7 Å². The summed E-state index contributed by atoms with van der Waals surface area (Å²) < 4.78 is 13.0. The molecule has 3 nitrogen and oxygen atoms in total. The van der Waals surface area contributed by atoms with Crippen LogP contribution in [0.4, 0.5) is 4.39 Å². The van der Waals surface area contributed by atoms with E-state index in [4.69, 9.17) is 0 Å². The topological polar surface area (TPSA) is 33.2 Å². The zero-order valence-corrected chi connectivity index (χ0v) is 12.2. The van der Waals surface area contributed by atoms with Gasteiger partial charge in [-0.1, -0.05) is 12.1 Å². The van der Waals surface area contributed by atoms with Crippen molar-refractivity contribution in [2.75, 3.05) is 13.3 Å². The molecule has 0 aliphatic rings. The highest BCUT2D eigenvalue weighted by atomic mass is 32.2. The zero-order chi connectivity index (χ0) is 14.5. The van der Waals surface area contributed by atoms with Crippen molar-refractivity contribution in [3.05, 3.63) is 59.7 Å². The Kier molecular flexibility index (Phi) is 4.74. The maximum Gasteiger partial charge on any atom is 0.254 e. The van der Waals surface area contributed by atoms with Crippen molar-refractivity contribution in [1.82, 2.24) is 9.88 Å².